The van der Waals surface area contributed by atoms with E-state index < -0.39 is 10.0 Å². The fourth-order valence-electron chi connectivity index (χ4n) is 1.78. The summed E-state index contributed by atoms with van der Waals surface area (Å²) in [6, 6.07) is 4.82. The summed E-state index contributed by atoms with van der Waals surface area (Å²) in [4.78, 5) is 11.4. The molecule has 1 heterocycles. The molecular formula is C12H16N2O4S. The minimum atomic E-state index is -3.34. The van der Waals surface area contributed by atoms with Crippen molar-refractivity contribution in [1.82, 2.24) is 0 Å². The van der Waals surface area contributed by atoms with Gasteiger partial charge in [-0.05, 0) is 24.6 Å². The van der Waals surface area contributed by atoms with Crippen LogP contribution < -0.4 is 14.8 Å². The molecule has 0 saturated heterocycles. The summed E-state index contributed by atoms with van der Waals surface area (Å²) >= 11 is 0. The lowest BCUT2D eigenvalue weighted by Gasteiger charge is -2.11. The van der Waals surface area contributed by atoms with Gasteiger partial charge in [0.2, 0.25) is 15.9 Å². The zero-order chi connectivity index (χ0) is 13.9. The standard InChI is InChI=1S/C12H16N2O4S/c1-2-7-19(16,17)14-9-3-4-11-10(8-9)13-12(15)5-6-18-11/h3-4,8,14H,2,5-7H2,1H3,(H,13,15). The number of hydrogen-bond acceptors (Lipinski definition) is 4. The van der Waals surface area contributed by atoms with Crippen molar-refractivity contribution in [2.45, 2.75) is 19.8 Å². The predicted molar refractivity (Wildman–Crippen MR) is 72.9 cm³/mol. The van der Waals surface area contributed by atoms with Crippen molar-refractivity contribution < 1.29 is 17.9 Å². The topological polar surface area (TPSA) is 84.5 Å². The second-order valence-electron chi connectivity index (χ2n) is 4.28. The van der Waals surface area contributed by atoms with Crippen molar-refractivity contribution in [3.8, 4) is 5.75 Å². The Morgan fingerprint density at radius 2 is 2.21 bits per heavy atom. The Kier molecular flexibility index (Phi) is 3.94. The Morgan fingerprint density at radius 3 is 2.95 bits per heavy atom. The molecule has 0 aromatic heterocycles. The van der Waals surface area contributed by atoms with Crippen LogP contribution in [0, 0.1) is 0 Å². The Hall–Kier alpha value is -1.76. The predicted octanol–water partition coefficient (Wildman–Crippen LogP) is 1.56. The summed E-state index contributed by atoms with van der Waals surface area (Å²) in [5.41, 5.74) is 0.900. The fraction of sp³-hybridized carbons (Fsp3) is 0.417. The molecule has 0 bridgehead atoms. The monoisotopic (exact) mass is 284 g/mol. The number of sulfonamides is 1. The number of carbonyl (C=O) groups is 1. The van der Waals surface area contributed by atoms with Gasteiger partial charge in [0.1, 0.15) is 5.75 Å². The van der Waals surface area contributed by atoms with Gasteiger partial charge >= 0.3 is 0 Å². The summed E-state index contributed by atoms with van der Waals surface area (Å²) in [5, 5.41) is 2.68. The first-order chi connectivity index (χ1) is 9.00. The largest absolute Gasteiger partial charge is 0.491 e. The Morgan fingerprint density at radius 1 is 1.42 bits per heavy atom. The molecule has 0 saturated carbocycles. The van der Waals surface area contributed by atoms with Crippen LogP contribution in [0.4, 0.5) is 11.4 Å². The third-order valence-corrected chi connectivity index (χ3v) is 4.08. The maximum atomic E-state index is 11.7. The van der Waals surface area contributed by atoms with Gasteiger partial charge < -0.3 is 10.1 Å². The average molecular weight is 284 g/mol. The number of benzene rings is 1. The maximum Gasteiger partial charge on any atom is 0.232 e. The molecule has 0 atom stereocenters. The van der Waals surface area contributed by atoms with Crippen molar-refractivity contribution in [3.63, 3.8) is 0 Å². The van der Waals surface area contributed by atoms with Gasteiger partial charge in [0.25, 0.3) is 0 Å². The lowest BCUT2D eigenvalue weighted by atomic mass is 10.2. The van der Waals surface area contributed by atoms with Crippen LogP contribution in [0.3, 0.4) is 0 Å². The molecule has 6 nitrogen and oxygen atoms in total. The molecule has 1 aromatic carbocycles. The van der Waals surface area contributed by atoms with Crippen LogP contribution in [0.1, 0.15) is 19.8 Å². The molecule has 19 heavy (non-hydrogen) atoms. The zero-order valence-electron chi connectivity index (χ0n) is 10.6. The second kappa shape index (κ2) is 5.48. The van der Waals surface area contributed by atoms with Crippen LogP contribution >= 0.6 is 0 Å². The highest BCUT2D eigenvalue weighted by molar-refractivity contribution is 7.92. The molecule has 0 radical (unpaired) electrons. The molecule has 2 N–H and O–H groups in total. The van der Waals surface area contributed by atoms with Gasteiger partial charge in [0.15, 0.2) is 0 Å². The Bertz CT molecular complexity index is 583. The molecule has 1 aliphatic heterocycles. The normalized spacial score (nSPS) is 14.9. The number of carbonyl (C=O) groups excluding carboxylic acids is 1. The van der Waals surface area contributed by atoms with Crippen molar-refractivity contribution in [3.05, 3.63) is 18.2 Å². The van der Waals surface area contributed by atoms with E-state index in [0.29, 0.717) is 30.2 Å². The van der Waals surface area contributed by atoms with E-state index in [4.69, 9.17) is 4.74 Å². The van der Waals surface area contributed by atoms with Gasteiger partial charge in [0.05, 0.1) is 30.2 Å². The highest BCUT2D eigenvalue weighted by atomic mass is 32.2. The molecule has 0 unspecified atom stereocenters. The maximum absolute atomic E-state index is 11.7. The summed E-state index contributed by atoms with van der Waals surface area (Å²) in [6.07, 6.45) is 0.825. The highest BCUT2D eigenvalue weighted by Gasteiger charge is 2.15. The molecule has 0 fully saturated rings. The quantitative estimate of drug-likeness (QED) is 0.878. The van der Waals surface area contributed by atoms with Gasteiger partial charge in [0, 0.05) is 0 Å². The van der Waals surface area contributed by atoms with Crippen LogP contribution in [-0.2, 0) is 14.8 Å². The van der Waals surface area contributed by atoms with Crippen LogP contribution in [0.2, 0.25) is 0 Å². The van der Waals surface area contributed by atoms with E-state index in [-0.39, 0.29) is 18.1 Å². The van der Waals surface area contributed by atoms with Crippen molar-refractivity contribution in [2.75, 3.05) is 22.4 Å². The van der Waals surface area contributed by atoms with Crippen LogP contribution in [0.15, 0.2) is 18.2 Å². The Balaban J connectivity index is 2.23. The van der Waals surface area contributed by atoms with Crippen LogP contribution in [0.5, 0.6) is 5.75 Å². The molecule has 1 aromatic rings. The summed E-state index contributed by atoms with van der Waals surface area (Å²) in [6.45, 7) is 2.12. The second-order valence-corrected chi connectivity index (χ2v) is 6.12. The van der Waals surface area contributed by atoms with Gasteiger partial charge in [-0.1, -0.05) is 6.92 Å². The number of nitrogens with one attached hydrogen (secondary N) is 2. The van der Waals surface area contributed by atoms with Gasteiger partial charge in [-0.25, -0.2) is 8.42 Å². The molecular weight excluding hydrogens is 268 g/mol. The molecule has 1 aliphatic rings. The first kappa shape index (κ1) is 13.7. The summed E-state index contributed by atoms with van der Waals surface area (Å²) in [7, 11) is -3.34. The molecule has 104 valence electrons. The average Bonchev–Trinajstić information content (AvgIpc) is 2.48. The molecule has 1 amide bonds. The van der Waals surface area contributed by atoms with Crippen molar-refractivity contribution in [1.29, 1.82) is 0 Å². The molecule has 0 aliphatic carbocycles. The van der Waals surface area contributed by atoms with E-state index in [1.165, 1.54) is 0 Å². The van der Waals surface area contributed by atoms with E-state index in [2.05, 4.69) is 10.0 Å². The first-order valence-corrected chi connectivity index (χ1v) is 7.72. The minimum Gasteiger partial charge on any atom is -0.491 e. The van der Waals surface area contributed by atoms with Crippen LogP contribution in [0.25, 0.3) is 0 Å². The lowest BCUT2D eigenvalue weighted by Crippen LogP contribution is -2.16. The van der Waals surface area contributed by atoms with Crippen LogP contribution in [-0.4, -0.2) is 26.7 Å². The van der Waals surface area contributed by atoms with Crippen molar-refractivity contribution in [2.24, 2.45) is 0 Å². The van der Waals surface area contributed by atoms with E-state index in [1.54, 1.807) is 25.1 Å². The van der Waals surface area contributed by atoms with E-state index >= 15 is 0 Å². The first-order valence-electron chi connectivity index (χ1n) is 6.07. The minimum absolute atomic E-state index is 0.0624. The molecule has 7 heteroatoms. The highest BCUT2D eigenvalue weighted by Crippen LogP contribution is 2.30. The van der Waals surface area contributed by atoms with E-state index in [1.807, 2.05) is 0 Å². The van der Waals surface area contributed by atoms with E-state index in [9.17, 15) is 13.2 Å². The zero-order valence-corrected chi connectivity index (χ0v) is 11.4. The molecule has 2 rings (SSSR count). The summed E-state index contributed by atoms with van der Waals surface area (Å²) in [5.74, 6) is 0.462. The van der Waals surface area contributed by atoms with Crippen molar-refractivity contribution >= 4 is 27.3 Å². The number of ether oxygens (including phenoxy) is 1. The third kappa shape index (κ3) is 3.60. The van der Waals surface area contributed by atoms with Gasteiger partial charge in [-0.15, -0.1) is 0 Å². The molecule has 0 spiro atoms. The number of amides is 1. The third-order valence-electron chi connectivity index (χ3n) is 2.59. The van der Waals surface area contributed by atoms with Gasteiger partial charge in [-0.2, -0.15) is 0 Å². The lowest BCUT2D eigenvalue weighted by molar-refractivity contribution is -0.116. The SMILES string of the molecule is CCCS(=O)(=O)Nc1ccc2c(c1)NC(=O)CCO2. The smallest absolute Gasteiger partial charge is 0.232 e. The fourth-order valence-corrected chi connectivity index (χ4v) is 2.91. The Labute approximate surface area is 112 Å². The summed E-state index contributed by atoms with van der Waals surface area (Å²) < 4.78 is 31.2. The number of rotatable bonds is 4. The number of hydrogen-bond donors (Lipinski definition) is 2. The van der Waals surface area contributed by atoms with E-state index in [0.717, 1.165) is 0 Å². The number of fused-ring (bicyclic) bond motifs is 1. The van der Waals surface area contributed by atoms with Gasteiger partial charge in [-0.3, -0.25) is 9.52 Å². The number of anilines is 2.